The van der Waals surface area contributed by atoms with Crippen LogP contribution in [-0.2, 0) is 18.5 Å². The maximum atomic E-state index is 9.76. The second-order valence-electron chi connectivity index (χ2n) is 5.29. The van der Waals surface area contributed by atoms with E-state index in [1.165, 1.54) is 5.56 Å². The van der Waals surface area contributed by atoms with Crippen LogP contribution in [0.15, 0.2) is 30.3 Å². The van der Waals surface area contributed by atoms with Crippen molar-refractivity contribution in [1.29, 1.82) is 5.26 Å². The highest BCUT2D eigenvalue weighted by Gasteiger charge is 2.32. The number of nitriles is 1. The van der Waals surface area contributed by atoms with E-state index in [-0.39, 0.29) is 0 Å². The van der Waals surface area contributed by atoms with Crippen LogP contribution < -0.4 is 5.32 Å². The van der Waals surface area contributed by atoms with E-state index in [1.54, 1.807) is 0 Å². The van der Waals surface area contributed by atoms with Crippen LogP contribution >= 0.6 is 0 Å². The van der Waals surface area contributed by atoms with E-state index in [0.717, 1.165) is 23.4 Å². The number of rotatable bonds is 5. The van der Waals surface area contributed by atoms with Gasteiger partial charge in [0.2, 0.25) is 0 Å². The molecule has 1 N–H and O–H groups in total. The van der Waals surface area contributed by atoms with Gasteiger partial charge in [-0.3, -0.25) is 10.00 Å². The van der Waals surface area contributed by atoms with Gasteiger partial charge in [-0.2, -0.15) is 10.4 Å². The molecule has 0 aliphatic carbocycles. The topological polar surface area (TPSA) is 53.6 Å². The Balaban J connectivity index is 2.45. The number of likely N-dealkylation sites (N-methyl/N-ethyl adjacent to an activating group) is 1. The van der Waals surface area contributed by atoms with Crippen molar-refractivity contribution >= 4 is 0 Å². The first-order valence-electron chi connectivity index (χ1n) is 7.26. The van der Waals surface area contributed by atoms with Crippen molar-refractivity contribution < 1.29 is 0 Å². The molecular weight excluding hydrogens is 260 g/mol. The SMILES string of the molecule is CCc1c(C)nn(CC(C#N)(NC)c2ccccc2)c1C. The first-order valence-corrected chi connectivity index (χ1v) is 7.26. The molecule has 2 rings (SSSR count). The molecular formula is C17H22N4. The Bertz CT molecular complexity index is 651. The Morgan fingerprint density at radius 1 is 1.29 bits per heavy atom. The number of aryl methyl sites for hydroxylation is 1. The van der Waals surface area contributed by atoms with Crippen LogP contribution in [0.3, 0.4) is 0 Å². The van der Waals surface area contributed by atoms with Gasteiger partial charge < -0.3 is 0 Å². The van der Waals surface area contributed by atoms with Crippen LogP contribution in [0, 0.1) is 25.2 Å². The molecule has 4 nitrogen and oxygen atoms in total. The fourth-order valence-corrected chi connectivity index (χ4v) is 2.82. The Kier molecular flexibility index (Phi) is 4.44. The summed E-state index contributed by atoms with van der Waals surface area (Å²) in [6, 6.07) is 12.3. The summed E-state index contributed by atoms with van der Waals surface area (Å²) in [6.45, 7) is 6.73. The van der Waals surface area contributed by atoms with E-state index in [0.29, 0.717) is 6.54 Å². The number of nitrogens with one attached hydrogen (secondary N) is 1. The second-order valence-corrected chi connectivity index (χ2v) is 5.29. The van der Waals surface area contributed by atoms with Crippen molar-refractivity contribution in [3.63, 3.8) is 0 Å². The predicted molar refractivity (Wildman–Crippen MR) is 83.9 cm³/mol. The third kappa shape index (κ3) is 2.70. The van der Waals surface area contributed by atoms with Crippen LogP contribution in [0.2, 0.25) is 0 Å². The average molecular weight is 282 g/mol. The number of hydrogen-bond donors (Lipinski definition) is 1. The molecule has 1 aromatic heterocycles. The molecule has 0 spiro atoms. The van der Waals surface area contributed by atoms with E-state index in [9.17, 15) is 5.26 Å². The van der Waals surface area contributed by atoms with Crippen molar-refractivity contribution in [3.05, 3.63) is 52.8 Å². The van der Waals surface area contributed by atoms with Gasteiger partial charge in [-0.15, -0.1) is 0 Å². The lowest BCUT2D eigenvalue weighted by molar-refractivity contribution is 0.371. The van der Waals surface area contributed by atoms with E-state index >= 15 is 0 Å². The third-order valence-electron chi connectivity index (χ3n) is 4.16. The van der Waals surface area contributed by atoms with Gasteiger partial charge in [-0.05, 0) is 38.4 Å². The molecule has 0 amide bonds. The summed E-state index contributed by atoms with van der Waals surface area (Å²) in [4.78, 5) is 0. The van der Waals surface area contributed by atoms with Gasteiger partial charge in [0.05, 0.1) is 18.3 Å². The van der Waals surface area contributed by atoms with Gasteiger partial charge in [0.1, 0.15) is 0 Å². The predicted octanol–water partition coefficient (Wildman–Crippen LogP) is 2.70. The molecule has 0 bridgehead atoms. The lowest BCUT2D eigenvalue weighted by Gasteiger charge is -2.27. The zero-order chi connectivity index (χ0) is 15.5. The van der Waals surface area contributed by atoms with Crippen molar-refractivity contribution in [2.75, 3.05) is 7.05 Å². The lowest BCUT2D eigenvalue weighted by atomic mass is 9.91. The molecule has 1 unspecified atom stereocenters. The minimum Gasteiger partial charge on any atom is -0.297 e. The largest absolute Gasteiger partial charge is 0.297 e. The fourth-order valence-electron chi connectivity index (χ4n) is 2.82. The molecule has 1 atom stereocenters. The summed E-state index contributed by atoms with van der Waals surface area (Å²) >= 11 is 0. The van der Waals surface area contributed by atoms with Gasteiger partial charge >= 0.3 is 0 Å². The van der Waals surface area contributed by atoms with Crippen molar-refractivity contribution in [2.24, 2.45) is 0 Å². The Morgan fingerprint density at radius 2 is 1.95 bits per heavy atom. The molecule has 4 heteroatoms. The number of benzene rings is 1. The van der Waals surface area contributed by atoms with Gasteiger partial charge in [-0.25, -0.2) is 0 Å². The molecule has 0 saturated carbocycles. The molecule has 1 heterocycles. The summed E-state index contributed by atoms with van der Waals surface area (Å²) in [5.41, 5.74) is 3.65. The van der Waals surface area contributed by atoms with Gasteiger partial charge in [-0.1, -0.05) is 37.3 Å². The average Bonchev–Trinajstić information content (AvgIpc) is 2.79. The van der Waals surface area contributed by atoms with E-state index in [1.807, 2.05) is 49.0 Å². The standard InChI is InChI=1S/C17H22N4/c1-5-16-13(2)20-21(14(16)3)12-17(11-18,19-4)15-9-7-6-8-10-15/h6-10,19H,5,12H2,1-4H3. The maximum Gasteiger partial charge on any atom is 0.151 e. The van der Waals surface area contributed by atoms with Crippen LogP contribution in [0.1, 0.15) is 29.4 Å². The first kappa shape index (κ1) is 15.3. The molecule has 2 aromatic rings. The van der Waals surface area contributed by atoms with Gasteiger partial charge in [0.25, 0.3) is 0 Å². The van der Waals surface area contributed by atoms with Crippen LogP contribution in [0.4, 0.5) is 0 Å². The number of hydrogen-bond acceptors (Lipinski definition) is 3. The highest BCUT2D eigenvalue weighted by Crippen LogP contribution is 2.24. The molecule has 1 aromatic carbocycles. The molecule has 0 aliphatic rings. The van der Waals surface area contributed by atoms with E-state index in [4.69, 9.17) is 0 Å². The van der Waals surface area contributed by atoms with E-state index in [2.05, 4.69) is 30.3 Å². The molecule has 0 radical (unpaired) electrons. The molecule has 0 saturated heterocycles. The summed E-state index contributed by atoms with van der Waals surface area (Å²) < 4.78 is 1.95. The Labute approximate surface area is 126 Å². The van der Waals surface area contributed by atoms with Gasteiger partial charge in [0, 0.05) is 5.69 Å². The zero-order valence-corrected chi connectivity index (χ0v) is 13.1. The molecule has 0 aliphatic heterocycles. The van der Waals surface area contributed by atoms with E-state index < -0.39 is 5.54 Å². The molecule has 21 heavy (non-hydrogen) atoms. The Hall–Kier alpha value is -2.12. The van der Waals surface area contributed by atoms with Crippen molar-refractivity contribution in [1.82, 2.24) is 15.1 Å². The first-order chi connectivity index (χ1) is 10.1. The summed E-state index contributed by atoms with van der Waals surface area (Å²) in [5, 5.41) is 17.6. The molecule has 0 fully saturated rings. The minimum atomic E-state index is -0.768. The van der Waals surface area contributed by atoms with Crippen LogP contribution in [0.5, 0.6) is 0 Å². The van der Waals surface area contributed by atoms with Crippen molar-refractivity contribution in [2.45, 2.75) is 39.3 Å². The fraction of sp³-hybridized carbons (Fsp3) is 0.412. The Morgan fingerprint density at radius 3 is 2.43 bits per heavy atom. The number of nitrogens with zero attached hydrogens (tertiary/aromatic N) is 3. The highest BCUT2D eigenvalue weighted by atomic mass is 15.3. The summed E-state index contributed by atoms with van der Waals surface area (Å²) in [6.07, 6.45) is 0.960. The minimum absolute atomic E-state index is 0.497. The normalized spacial score (nSPS) is 13.7. The maximum absolute atomic E-state index is 9.76. The quantitative estimate of drug-likeness (QED) is 0.917. The lowest BCUT2D eigenvalue weighted by Crippen LogP contribution is -2.43. The third-order valence-corrected chi connectivity index (χ3v) is 4.16. The summed E-state index contributed by atoms with van der Waals surface area (Å²) in [5.74, 6) is 0. The van der Waals surface area contributed by atoms with Crippen molar-refractivity contribution in [3.8, 4) is 6.07 Å². The van der Waals surface area contributed by atoms with Crippen LogP contribution in [0.25, 0.3) is 0 Å². The van der Waals surface area contributed by atoms with Crippen LogP contribution in [-0.4, -0.2) is 16.8 Å². The van der Waals surface area contributed by atoms with Gasteiger partial charge in [0.15, 0.2) is 5.54 Å². The smallest absolute Gasteiger partial charge is 0.151 e. The summed E-state index contributed by atoms with van der Waals surface area (Å²) in [7, 11) is 1.82. The zero-order valence-electron chi connectivity index (χ0n) is 13.1. The second kappa shape index (κ2) is 6.11. The molecule has 110 valence electrons. The number of aromatic nitrogens is 2. The highest BCUT2D eigenvalue weighted by molar-refractivity contribution is 5.32. The monoisotopic (exact) mass is 282 g/mol.